The zero-order chi connectivity index (χ0) is 26.3. The van der Waals surface area contributed by atoms with Gasteiger partial charge in [0.15, 0.2) is 0 Å². The van der Waals surface area contributed by atoms with Gasteiger partial charge in [0.2, 0.25) is 11.8 Å². The Kier molecular flexibility index (Phi) is 8.42. The van der Waals surface area contributed by atoms with Crippen LogP contribution in [0.3, 0.4) is 0 Å². The second-order valence-electron chi connectivity index (χ2n) is 9.46. The molecule has 0 aliphatic heterocycles. The van der Waals surface area contributed by atoms with E-state index in [1.54, 1.807) is 50.6 Å². The van der Waals surface area contributed by atoms with Gasteiger partial charge in [0.25, 0.3) is 5.56 Å². The predicted molar refractivity (Wildman–Crippen MR) is 136 cm³/mol. The first-order valence-electron chi connectivity index (χ1n) is 11.6. The molecule has 0 spiro atoms. The van der Waals surface area contributed by atoms with E-state index in [1.165, 1.54) is 4.68 Å². The van der Waals surface area contributed by atoms with Crippen LogP contribution in [-0.4, -0.2) is 32.2 Å². The van der Waals surface area contributed by atoms with Gasteiger partial charge < -0.3 is 20.8 Å². The number of rotatable bonds is 8. The minimum atomic E-state index is -0.589. The Labute approximate surface area is 210 Å². The van der Waals surface area contributed by atoms with Crippen LogP contribution in [0.25, 0.3) is 0 Å². The van der Waals surface area contributed by atoms with E-state index in [-0.39, 0.29) is 30.3 Å². The summed E-state index contributed by atoms with van der Waals surface area (Å²) in [6.07, 6.45) is 4.41. The lowest BCUT2D eigenvalue weighted by Gasteiger charge is -2.19. The highest BCUT2D eigenvalue weighted by Gasteiger charge is 2.17. The third-order valence-corrected chi connectivity index (χ3v) is 5.26. The minimum absolute atomic E-state index is 0.0548. The topological polar surface area (TPSA) is 127 Å². The lowest BCUT2D eigenvalue weighted by atomic mass is 10.1. The Bertz CT molecular complexity index is 1280. The standard InChI is InChI=1S/C26H32N6O4/c1-17-10-12-32(29-15-19-7-6-11-27-14-19)24(34)21(17)13-22(33)28-16-20-8-9-23(30-18(20)2)36-25(35)31-26(3,4)5/h6-12,14,29H,13,15-16H2,1-5H3,(H,28,33)(H,31,35). The van der Waals surface area contributed by atoms with Gasteiger partial charge in [0, 0.05) is 48.0 Å². The number of carbonyl (C=O) groups is 2. The number of aryl methyl sites for hydroxylation is 2. The molecule has 3 aromatic rings. The Morgan fingerprint density at radius 2 is 1.86 bits per heavy atom. The van der Waals surface area contributed by atoms with Gasteiger partial charge in [0.1, 0.15) is 0 Å². The van der Waals surface area contributed by atoms with Crippen LogP contribution >= 0.6 is 0 Å². The number of carbonyl (C=O) groups excluding carboxylic acids is 2. The fourth-order valence-corrected chi connectivity index (χ4v) is 3.34. The zero-order valence-electron chi connectivity index (χ0n) is 21.2. The van der Waals surface area contributed by atoms with Crippen molar-refractivity contribution in [2.45, 2.75) is 59.7 Å². The summed E-state index contributed by atoms with van der Waals surface area (Å²) in [4.78, 5) is 45.9. The molecule has 0 aromatic carbocycles. The van der Waals surface area contributed by atoms with Crippen LogP contribution in [0.15, 0.2) is 53.7 Å². The highest BCUT2D eigenvalue weighted by Crippen LogP contribution is 2.13. The number of amides is 2. The first-order valence-corrected chi connectivity index (χ1v) is 11.6. The third kappa shape index (κ3) is 7.66. The van der Waals surface area contributed by atoms with E-state index in [1.807, 2.05) is 32.9 Å². The molecular weight excluding hydrogens is 460 g/mol. The molecule has 3 rings (SSSR count). The molecule has 0 aliphatic rings. The number of ether oxygens (including phenoxy) is 1. The van der Waals surface area contributed by atoms with Crippen molar-refractivity contribution in [1.82, 2.24) is 25.3 Å². The van der Waals surface area contributed by atoms with Gasteiger partial charge in [-0.25, -0.2) is 14.5 Å². The van der Waals surface area contributed by atoms with Crippen molar-refractivity contribution in [3.8, 4) is 5.88 Å². The van der Waals surface area contributed by atoms with E-state index in [0.717, 1.165) is 16.7 Å². The molecule has 0 radical (unpaired) electrons. The molecule has 3 aromatic heterocycles. The number of nitrogens with one attached hydrogen (secondary N) is 3. The predicted octanol–water partition coefficient (Wildman–Crippen LogP) is 2.74. The summed E-state index contributed by atoms with van der Waals surface area (Å²) >= 11 is 0. The maximum absolute atomic E-state index is 12.9. The molecule has 3 heterocycles. The molecule has 10 heteroatoms. The molecule has 10 nitrogen and oxygen atoms in total. The largest absolute Gasteiger partial charge is 0.414 e. The summed E-state index contributed by atoms with van der Waals surface area (Å²) in [5.41, 5.74) is 5.82. The fraction of sp³-hybridized carbons (Fsp3) is 0.346. The van der Waals surface area contributed by atoms with Crippen molar-refractivity contribution in [1.29, 1.82) is 0 Å². The van der Waals surface area contributed by atoms with E-state index in [2.05, 4.69) is 26.0 Å². The molecule has 0 atom stereocenters. The van der Waals surface area contributed by atoms with Crippen LogP contribution in [0.5, 0.6) is 5.88 Å². The summed E-state index contributed by atoms with van der Waals surface area (Å²) in [7, 11) is 0. The number of pyridine rings is 3. The Morgan fingerprint density at radius 3 is 2.53 bits per heavy atom. The smallest absolute Gasteiger partial charge is 0.391 e. The van der Waals surface area contributed by atoms with Gasteiger partial charge in [-0.3, -0.25) is 14.6 Å². The summed E-state index contributed by atoms with van der Waals surface area (Å²) in [6.45, 7) is 9.78. The quantitative estimate of drug-likeness (QED) is 0.441. The van der Waals surface area contributed by atoms with Crippen molar-refractivity contribution in [2.24, 2.45) is 0 Å². The molecule has 0 aliphatic carbocycles. The van der Waals surface area contributed by atoms with Gasteiger partial charge in [0.05, 0.1) is 13.0 Å². The molecule has 0 unspecified atom stereocenters. The van der Waals surface area contributed by atoms with Crippen LogP contribution in [0.1, 0.15) is 48.7 Å². The molecule has 0 saturated heterocycles. The van der Waals surface area contributed by atoms with Gasteiger partial charge in [-0.2, -0.15) is 0 Å². The Hall–Kier alpha value is -4.21. The van der Waals surface area contributed by atoms with Crippen LogP contribution in [0, 0.1) is 13.8 Å². The Morgan fingerprint density at radius 1 is 1.08 bits per heavy atom. The van der Waals surface area contributed by atoms with Gasteiger partial charge in [-0.1, -0.05) is 12.1 Å². The molecule has 190 valence electrons. The molecule has 0 saturated carbocycles. The van der Waals surface area contributed by atoms with Crippen LogP contribution < -0.4 is 26.4 Å². The average molecular weight is 493 g/mol. The van der Waals surface area contributed by atoms with Crippen LogP contribution in [0.4, 0.5) is 4.79 Å². The molecule has 0 fully saturated rings. The normalized spacial score (nSPS) is 11.0. The van der Waals surface area contributed by atoms with Crippen LogP contribution in [0.2, 0.25) is 0 Å². The summed E-state index contributed by atoms with van der Waals surface area (Å²) < 4.78 is 6.60. The third-order valence-electron chi connectivity index (χ3n) is 5.26. The lowest BCUT2D eigenvalue weighted by Crippen LogP contribution is -2.42. The van der Waals surface area contributed by atoms with Crippen molar-refractivity contribution in [3.63, 3.8) is 0 Å². The molecular formula is C26H32N6O4. The zero-order valence-corrected chi connectivity index (χ0v) is 21.2. The van der Waals surface area contributed by atoms with Gasteiger partial charge >= 0.3 is 6.09 Å². The summed E-state index contributed by atoms with van der Waals surface area (Å²) in [5.74, 6) is -0.118. The van der Waals surface area contributed by atoms with E-state index < -0.39 is 11.6 Å². The molecule has 3 N–H and O–H groups in total. The minimum Gasteiger partial charge on any atom is -0.391 e. The summed E-state index contributed by atoms with van der Waals surface area (Å²) in [6, 6.07) is 8.84. The Balaban J connectivity index is 1.59. The van der Waals surface area contributed by atoms with E-state index in [4.69, 9.17) is 4.74 Å². The van der Waals surface area contributed by atoms with Crippen molar-refractivity contribution in [2.75, 3.05) is 5.43 Å². The maximum atomic E-state index is 12.9. The maximum Gasteiger partial charge on any atom is 0.414 e. The van der Waals surface area contributed by atoms with Gasteiger partial charge in [-0.05, 0) is 63.4 Å². The number of hydrogen-bond donors (Lipinski definition) is 3. The van der Waals surface area contributed by atoms with Crippen molar-refractivity contribution in [3.05, 3.63) is 87.2 Å². The van der Waals surface area contributed by atoms with E-state index in [0.29, 0.717) is 17.8 Å². The first-order chi connectivity index (χ1) is 17.0. The second kappa shape index (κ2) is 11.5. The second-order valence-corrected chi connectivity index (χ2v) is 9.46. The van der Waals surface area contributed by atoms with E-state index >= 15 is 0 Å². The average Bonchev–Trinajstić information content (AvgIpc) is 2.80. The summed E-state index contributed by atoms with van der Waals surface area (Å²) in [5, 5.41) is 5.54. The van der Waals surface area contributed by atoms with Crippen molar-refractivity contribution < 1.29 is 14.3 Å². The first kappa shape index (κ1) is 26.4. The lowest BCUT2D eigenvalue weighted by molar-refractivity contribution is -0.120. The SMILES string of the molecule is Cc1ccn(NCc2cccnc2)c(=O)c1CC(=O)NCc1ccc(OC(=O)NC(C)(C)C)nc1C. The molecule has 2 amide bonds. The van der Waals surface area contributed by atoms with Gasteiger partial charge in [-0.15, -0.1) is 0 Å². The highest BCUT2D eigenvalue weighted by atomic mass is 16.6. The number of nitrogens with zero attached hydrogens (tertiary/aromatic N) is 3. The number of hydrogen-bond acceptors (Lipinski definition) is 7. The van der Waals surface area contributed by atoms with Crippen LogP contribution in [-0.2, 0) is 24.3 Å². The molecule has 36 heavy (non-hydrogen) atoms. The number of aromatic nitrogens is 3. The molecule has 0 bridgehead atoms. The monoisotopic (exact) mass is 492 g/mol. The fourth-order valence-electron chi connectivity index (χ4n) is 3.34. The van der Waals surface area contributed by atoms with E-state index in [9.17, 15) is 14.4 Å². The van der Waals surface area contributed by atoms with Crippen molar-refractivity contribution >= 4 is 12.0 Å². The highest BCUT2D eigenvalue weighted by molar-refractivity contribution is 5.78.